The highest BCUT2D eigenvalue weighted by Crippen LogP contribution is 2.61. The molecule has 1 aromatic heterocycles. The van der Waals surface area contributed by atoms with Gasteiger partial charge in [-0.1, -0.05) is 0 Å². The number of alkyl halides is 3. The second kappa shape index (κ2) is 8.47. The van der Waals surface area contributed by atoms with E-state index in [1.54, 1.807) is 0 Å². The Hall–Kier alpha value is -2.32. The van der Waals surface area contributed by atoms with Crippen LogP contribution in [0.5, 0.6) is 0 Å². The number of pyridine rings is 1. The van der Waals surface area contributed by atoms with Gasteiger partial charge < -0.3 is 4.90 Å². The van der Waals surface area contributed by atoms with Crippen LogP contribution in [0.3, 0.4) is 0 Å². The number of piperidine rings is 1. The van der Waals surface area contributed by atoms with Crippen molar-refractivity contribution in [2.75, 3.05) is 18.0 Å². The number of hydrogen-bond acceptors (Lipinski definition) is 4. The van der Waals surface area contributed by atoms with Crippen LogP contribution in [-0.4, -0.2) is 29.9 Å². The van der Waals surface area contributed by atoms with E-state index in [4.69, 9.17) is 0 Å². The molecule has 33 heavy (non-hydrogen) atoms. The van der Waals surface area contributed by atoms with Crippen LogP contribution in [0.2, 0.25) is 0 Å². The van der Waals surface area contributed by atoms with E-state index in [0.717, 1.165) is 49.3 Å². The first kappa shape index (κ1) is 22.5. The SMILES string of the molecule is O=C(CC12CC3CC(CC(C3)C1)C2)NNC(=O)C1CCN(c2ccc(C(F)(F)F)cn2)CC1. The van der Waals surface area contributed by atoms with Crippen molar-refractivity contribution in [1.82, 2.24) is 15.8 Å². The Labute approximate surface area is 191 Å². The molecule has 5 aliphatic rings. The van der Waals surface area contributed by atoms with Gasteiger partial charge in [-0.25, -0.2) is 4.98 Å². The molecule has 6 rings (SSSR count). The summed E-state index contributed by atoms with van der Waals surface area (Å²) in [4.78, 5) is 31.0. The molecule has 2 N–H and O–H groups in total. The Morgan fingerprint density at radius 3 is 2.12 bits per heavy atom. The molecule has 0 aromatic carbocycles. The molecule has 0 atom stereocenters. The highest BCUT2D eigenvalue weighted by Gasteiger charge is 2.51. The van der Waals surface area contributed by atoms with Gasteiger partial charge >= 0.3 is 6.18 Å². The highest BCUT2D eigenvalue weighted by atomic mass is 19.4. The third-order valence-corrected chi connectivity index (χ3v) is 8.29. The predicted molar refractivity (Wildman–Crippen MR) is 116 cm³/mol. The van der Waals surface area contributed by atoms with Crippen molar-refractivity contribution in [3.05, 3.63) is 23.9 Å². The Bertz CT molecular complexity index is 859. The first-order valence-electron chi connectivity index (χ1n) is 12.1. The van der Waals surface area contributed by atoms with E-state index in [-0.39, 0.29) is 23.1 Å². The Morgan fingerprint density at radius 1 is 1.00 bits per heavy atom. The zero-order valence-corrected chi connectivity index (χ0v) is 18.7. The van der Waals surface area contributed by atoms with Gasteiger partial charge in [-0.3, -0.25) is 20.4 Å². The van der Waals surface area contributed by atoms with Crippen LogP contribution in [0.1, 0.15) is 63.4 Å². The molecule has 6 nitrogen and oxygen atoms in total. The summed E-state index contributed by atoms with van der Waals surface area (Å²) < 4.78 is 38.1. The minimum absolute atomic E-state index is 0.100. The fourth-order valence-corrected chi connectivity index (χ4v) is 7.24. The van der Waals surface area contributed by atoms with Crippen LogP contribution in [0, 0.1) is 29.1 Å². The molecule has 1 aliphatic heterocycles. The average molecular weight is 465 g/mol. The lowest BCUT2D eigenvalue weighted by atomic mass is 9.49. The molecule has 5 fully saturated rings. The maximum absolute atomic E-state index is 12.7. The first-order valence-corrected chi connectivity index (χ1v) is 12.1. The largest absolute Gasteiger partial charge is 0.417 e. The predicted octanol–water partition coefficient (Wildman–Crippen LogP) is 4.07. The number of halogens is 3. The topological polar surface area (TPSA) is 74.3 Å². The van der Waals surface area contributed by atoms with Gasteiger partial charge in [0.1, 0.15) is 5.82 Å². The number of hydrogen-bond donors (Lipinski definition) is 2. The highest BCUT2D eigenvalue weighted by molar-refractivity contribution is 5.83. The number of nitrogens with zero attached hydrogens (tertiary/aromatic N) is 2. The summed E-state index contributed by atoms with van der Waals surface area (Å²) in [5.74, 6) is 2.28. The molecular formula is C24H31F3N4O2. The lowest BCUT2D eigenvalue weighted by Crippen LogP contribution is -2.51. The van der Waals surface area contributed by atoms with E-state index in [9.17, 15) is 22.8 Å². The van der Waals surface area contributed by atoms with Crippen LogP contribution < -0.4 is 15.8 Å². The lowest BCUT2D eigenvalue weighted by Gasteiger charge is -2.56. The molecular weight excluding hydrogens is 433 g/mol. The molecule has 4 bridgehead atoms. The molecule has 0 spiro atoms. The molecule has 0 radical (unpaired) electrons. The van der Waals surface area contributed by atoms with Crippen molar-refractivity contribution in [1.29, 1.82) is 0 Å². The van der Waals surface area contributed by atoms with Gasteiger partial charge in [0.05, 0.1) is 5.56 Å². The molecule has 0 unspecified atom stereocenters. The van der Waals surface area contributed by atoms with Crippen molar-refractivity contribution in [3.63, 3.8) is 0 Å². The van der Waals surface area contributed by atoms with Gasteiger partial charge in [-0.05, 0) is 86.7 Å². The normalized spacial score (nSPS) is 31.5. The monoisotopic (exact) mass is 464 g/mol. The summed E-state index contributed by atoms with van der Waals surface area (Å²) in [6.45, 7) is 1.05. The number of rotatable bonds is 4. The molecule has 2 heterocycles. The van der Waals surface area contributed by atoms with Crippen LogP contribution in [-0.2, 0) is 15.8 Å². The summed E-state index contributed by atoms with van der Waals surface area (Å²) in [6, 6.07) is 2.40. The third kappa shape index (κ3) is 4.82. The van der Waals surface area contributed by atoms with Gasteiger partial charge in [0, 0.05) is 31.6 Å². The number of nitrogens with one attached hydrogen (secondary N) is 2. The fourth-order valence-electron chi connectivity index (χ4n) is 7.24. The van der Waals surface area contributed by atoms with E-state index in [2.05, 4.69) is 15.8 Å². The number of amides is 2. The molecule has 4 saturated carbocycles. The maximum Gasteiger partial charge on any atom is 0.417 e. The minimum atomic E-state index is -4.41. The smallest absolute Gasteiger partial charge is 0.357 e. The van der Waals surface area contributed by atoms with Crippen molar-refractivity contribution in [2.24, 2.45) is 29.1 Å². The lowest BCUT2D eigenvalue weighted by molar-refractivity contribution is -0.137. The molecule has 180 valence electrons. The molecule has 4 aliphatic carbocycles. The van der Waals surface area contributed by atoms with E-state index in [0.29, 0.717) is 38.2 Å². The number of anilines is 1. The summed E-state index contributed by atoms with van der Waals surface area (Å²) >= 11 is 0. The standard InChI is InChI=1S/C24H31F3N4O2/c25-24(26,27)19-1-2-20(28-14-19)31-5-3-18(4-6-31)22(33)30-29-21(32)13-23-10-15-7-16(11-23)9-17(8-15)12-23/h1-2,14-18H,3-13H2,(H,29,32)(H,30,33). The van der Waals surface area contributed by atoms with Gasteiger partial charge in [-0.15, -0.1) is 0 Å². The Kier molecular flexibility index (Phi) is 5.77. The van der Waals surface area contributed by atoms with Crippen LogP contribution in [0.4, 0.5) is 19.0 Å². The summed E-state index contributed by atoms with van der Waals surface area (Å²) in [5.41, 5.74) is 4.62. The molecule has 1 aromatic rings. The van der Waals surface area contributed by atoms with Gasteiger partial charge in [-0.2, -0.15) is 13.2 Å². The van der Waals surface area contributed by atoms with Gasteiger partial charge in [0.15, 0.2) is 0 Å². The number of aromatic nitrogens is 1. The molecule has 2 amide bonds. The maximum atomic E-state index is 12.7. The number of carbonyl (C=O) groups is 2. The minimum Gasteiger partial charge on any atom is -0.357 e. The Balaban J connectivity index is 1.07. The van der Waals surface area contributed by atoms with Crippen LogP contribution >= 0.6 is 0 Å². The fraction of sp³-hybridized carbons (Fsp3) is 0.708. The zero-order chi connectivity index (χ0) is 23.2. The van der Waals surface area contributed by atoms with E-state index < -0.39 is 11.7 Å². The van der Waals surface area contributed by atoms with Gasteiger partial charge in [0.2, 0.25) is 11.8 Å². The number of carbonyl (C=O) groups excluding carboxylic acids is 2. The average Bonchev–Trinajstić information content (AvgIpc) is 2.76. The second-order valence-corrected chi connectivity index (χ2v) is 10.8. The van der Waals surface area contributed by atoms with E-state index in [1.165, 1.54) is 25.3 Å². The summed E-state index contributed by atoms with van der Waals surface area (Å²) in [5, 5.41) is 0. The second-order valence-electron chi connectivity index (χ2n) is 10.8. The summed E-state index contributed by atoms with van der Waals surface area (Å²) in [6.07, 6.45) is 5.48. The van der Waals surface area contributed by atoms with Crippen molar-refractivity contribution in [3.8, 4) is 0 Å². The van der Waals surface area contributed by atoms with Crippen LogP contribution in [0.25, 0.3) is 0 Å². The van der Waals surface area contributed by atoms with Gasteiger partial charge in [0.25, 0.3) is 0 Å². The summed E-state index contributed by atoms with van der Waals surface area (Å²) in [7, 11) is 0. The van der Waals surface area contributed by atoms with Crippen molar-refractivity contribution < 1.29 is 22.8 Å². The quantitative estimate of drug-likeness (QED) is 0.659. The van der Waals surface area contributed by atoms with E-state index in [1.807, 2.05) is 4.90 Å². The van der Waals surface area contributed by atoms with Crippen LogP contribution in [0.15, 0.2) is 18.3 Å². The van der Waals surface area contributed by atoms with E-state index >= 15 is 0 Å². The number of hydrazine groups is 1. The molecule has 9 heteroatoms. The third-order valence-electron chi connectivity index (χ3n) is 8.29. The Morgan fingerprint density at radius 2 is 1.61 bits per heavy atom. The van der Waals surface area contributed by atoms with Crippen molar-refractivity contribution in [2.45, 2.75) is 64.0 Å². The molecule has 1 saturated heterocycles. The zero-order valence-electron chi connectivity index (χ0n) is 18.7. The van der Waals surface area contributed by atoms with Crippen molar-refractivity contribution >= 4 is 17.6 Å². The first-order chi connectivity index (χ1) is 15.7.